The van der Waals surface area contributed by atoms with Gasteiger partial charge in [0.15, 0.2) is 5.96 Å². The zero-order valence-electron chi connectivity index (χ0n) is 14.5. The summed E-state index contributed by atoms with van der Waals surface area (Å²) in [5, 5.41) is 6.85. The molecule has 2 N–H and O–H groups in total. The van der Waals surface area contributed by atoms with E-state index < -0.39 is 0 Å². The van der Waals surface area contributed by atoms with Gasteiger partial charge in [0.1, 0.15) is 5.76 Å². The molecule has 0 aliphatic carbocycles. The first-order valence-corrected chi connectivity index (χ1v) is 9.29. The van der Waals surface area contributed by atoms with Crippen molar-refractivity contribution in [2.75, 3.05) is 26.3 Å². The predicted molar refractivity (Wildman–Crippen MR) is 113 cm³/mol. The SMILES string of the molecule is Cc1ccc(CN=C(NCCc2ccco2)NCC2CCOC2)s1.I. The van der Waals surface area contributed by atoms with Crippen LogP contribution in [0.3, 0.4) is 0 Å². The Kier molecular flexibility index (Phi) is 8.77. The van der Waals surface area contributed by atoms with Gasteiger partial charge in [0.25, 0.3) is 0 Å². The molecule has 1 aliphatic heterocycles. The van der Waals surface area contributed by atoms with E-state index in [1.54, 1.807) is 17.6 Å². The van der Waals surface area contributed by atoms with Gasteiger partial charge in [-0.3, -0.25) is 0 Å². The van der Waals surface area contributed by atoms with E-state index in [4.69, 9.17) is 14.1 Å². The fourth-order valence-electron chi connectivity index (χ4n) is 2.65. The molecule has 7 heteroatoms. The molecule has 3 rings (SSSR count). The van der Waals surface area contributed by atoms with Crippen LogP contribution in [0.1, 0.15) is 21.9 Å². The third kappa shape index (κ3) is 6.99. The summed E-state index contributed by atoms with van der Waals surface area (Å²) in [5.41, 5.74) is 0. The molecule has 0 radical (unpaired) electrons. The molecule has 0 amide bonds. The standard InChI is InChI=1S/C18H25N3O2S.HI/c1-14-4-5-17(24-14)12-21-18(20-11-15-7-10-22-13-15)19-8-6-16-3-2-9-23-16;/h2-5,9,15H,6-8,10-13H2,1H3,(H2,19,20,21);1H. The highest BCUT2D eigenvalue weighted by Gasteiger charge is 2.15. The summed E-state index contributed by atoms with van der Waals surface area (Å²) in [6, 6.07) is 8.20. The molecule has 3 heterocycles. The topological polar surface area (TPSA) is 58.8 Å². The van der Waals surface area contributed by atoms with E-state index in [-0.39, 0.29) is 24.0 Å². The Morgan fingerprint density at radius 2 is 2.24 bits per heavy atom. The second kappa shape index (κ2) is 10.8. The lowest BCUT2D eigenvalue weighted by Gasteiger charge is -2.14. The average molecular weight is 475 g/mol. The summed E-state index contributed by atoms with van der Waals surface area (Å²) in [4.78, 5) is 7.32. The number of hydrogen-bond acceptors (Lipinski definition) is 4. The van der Waals surface area contributed by atoms with Crippen molar-refractivity contribution in [3.8, 4) is 0 Å². The summed E-state index contributed by atoms with van der Waals surface area (Å²) in [7, 11) is 0. The van der Waals surface area contributed by atoms with Gasteiger partial charge in [-0.25, -0.2) is 4.99 Å². The highest BCUT2D eigenvalue weighted by molar-refractivity contribution is 14.0. The normalized spacial score (nSPS) is 17.3. The molecular formula is C18H26IN3O2S. The van der Waals surface area contributed by atoms with Crippen LogP contribution in [-0.2, 0) is 17.7 Å². The minimum atomic E-state index is 0. The van der Waals surface area contributed by atoms with Gasteiger partial charge in [-0.1, -0.05) is 0 Å². The first-order chi connectivity index (χ1) is 11.8. The third-order valence-corrected chi connectivity index (χ3v) is 5.00. The fourth-order valence-corrected chi connectivity index (χ4v) is 3.46. The maximum atomic E-state index is 5.44. The lowest BCUT2D eigenvalue weighted by atomic mass is 10.1. The van der Waals surface area contributed by atoms with Crippen molar-refractivity contribution in [1.82, 2.24) is 10.6 Å². The number of thiophene rings is 1. The highest BCUT2D eigenvalue weighted by atomic mass is 127. The summed E-state index contributed by atoms with van der Waals surface area (Å²) in [6.07, 6.45) is 3.68. The Labute approximate surface area is 170 Å². The van der Waals surface area contributed by atoms with E-state index in [1.807, 2.05) is 12.1 Å². The first-order valence-electron chi connectivity index (χ1n) is 8.47. The van der Waals surface area contributed by atoms with Gasteiger partial charge in [-0.2, -0.15) is 0 Å². The van der Waals surface area contributed by atoms with Gasteiger partial charge in [0.05, 0.1) is 19.4 Å². The Bertz CT molecular complexity index is 637. The molecule has 1 atom stereocenters. The van der Waals surface area contributed by atoms with E-state index in [0.717, 1.165) is 50.9 Å². The van der Waals surface area contributed by atoms with E-state index in [9.17, 15) is 0 Å². The average Bonchev–Trinajstić information content (AvgIpc) is 3.32. The predicted octanol–water partition coefficient (Wildman–Crippen LogP) is 3.58. The van der Waals surface area contributed by atoms with Gasteiger partial charge < -0.3 is 19.8 Å². The Hall–Kier alpha value is -1.06. The van der Waals surface area contributed by atoms with E-state index in [0.29, 0.717) is 12.5 Å². The lowest BCUT2D eigenvalue weighted by Crippen LogP contribution is -2.40. The molecule has 1 fully saturated rings. The van der Waals surface area contributed by atoms with E-state index >= 15 is 0 Å². The number of halogens is 1. The highest BCUT2D eigenvalue weighted by Crippen LogP contribution is 2.15. The van der Waals surface area contributed by atoms with Crippen molar-refractivity contribution in [3.63, 3.8) is 0 Å². The number of aliphatic imine (C=N–C) groups is 1. The molecule has 2 aromatic rings. The number of ether oxygens (including phenoxy) is 1. The number of guanidine groups is 1. The van der Waals surface area contributed by atoms with Crippen molar-refractivity contribution >= 4 is 41.3 Å². The molecule has 1 aliphatic rings. The van der Waals surface area contributed by atoms with Crippen molar-refractivity contribution in [2.24, 2.45) is 10.9 Å². The molecule has 2 aromatic heterocycles. The minimum absolute atomic E-state index is 0. The summed E-state index contributed by atoms with van der Waals surface area (Å²) in [6.45, 7) is 6.24. The molecule has 1 unspecified atom stereocenters. The Morgan fingerprint density at radius 3 is 2.92 bits per heavy atom. The molecule has 138 valence electrons. The number of nitrogens with zero attached hydrogens (tertiary/aromatic N) is 1. The van der Waals surface area contributed by atoms with Gasteiger partial charge >= 0.3 is 0 Å². The molecule has 1 saturated heterocycles. The molecule has 25 heavy (non-hydrogen) atoms. The summed E-state index contributed by atoms with van der Waals surface area (Å²) >= 11 is 1.80. The largest absolute Gasteiger partial charge is 0.469 e. The van der Waals surface area contributed by atoms with E-state index in [1.165, 1.54) is 9.75 Å². The molecule has 5 nitrogen and oxygen atoms in total. The van der Waals surface area contributed by atoms with Crippen LogP contribution in [0.25, 0.3) is 0 Å². The van der Waals surface area contributed by atoms with Crippen LogP contribution in [-0.4, -0.2) is 32.3 Å². The lowest BCUT2D eigenvalue weighted by molar-refractivity contribution is 0.186. The Morgan fingerprint density at radius 1 is 1.32 bits per heavy atom. The first kappa shape index (κ1) is 20.3. The van der Waals surface area contributed by atoms with Gasteiger partial charge in [-0.15, -0.1) is 35.3 Å². The number of rotatable bonds is 7. The van der Waals surface area contributed by atoms with Crippen LogP contribution in [0.4, 0.5) is 0 Å². The smallest absolute Gasteiger partial charge is 0.191 e. The van der Waals surface area contributed by atoms with Crippen LogP contribution in [0.15, 0.2) is 39.9 Å². The van der Waals surface area contributed by atoms with Gasteiger partial charge in [0, 0.05) is 41.8 Å². The van der Waals surface area contributed by atoms with Crippen LogP contribution in [0.2, 0.25) is 0 Å². The Balaban J connectivity index is 0.00000225. The fraction of sp³-hybridized carbons (Fsp3) is 0.500. The van der Waals surface area contributed by atoms with Crippen LogP contribution in [0, 0.1) is 12.8 Å². The summed E-state index contributed by atoms with van der Waals surface area (Å²) in [5.74, 6) is 2.42. The van der Waals surface area contributed by atoms with Crippen LogP contribution in [0.5, 0.6) is 0 Å². The number of nitrogens with one attached hydrogen (secondary N) is 2. The second-order valence-electron chi connectivity index (χ2n) is 6.04. The van der Waals surface area contributed by atoms with Crippen LogP contribution >= 0.6 is 35.3 Å². The van der Waals surface area contributed by atoms with E-state index in [2.05, 4.69) is 29.7 Å². The maximum Gasteiger partial charge on any atom is 0.191 e. The molecule has 0 saturated carbocycles. The minimum Gasteiger partial charge on any atom is -0.469 e. The molecular weight excluding hydrogens is 449 g/mol. The maximum absolute atomic E-state index is 5.44. The van der Waals surface area contributed by atoms with Gasteiger partial charge in [-0.05, 0) is 37.6 Å². The monoisotopic (exact) mass is 475 g/mol. The molecule has 0 spiro atoms. The number of furan rings is 1. The molecule has 0 bridgehead atoms. The van der Waals surface area contributed by atoms with Crippen molar-refractivity contribution < 1.29 is 9.15 Å². The quantitative estimate of drug-likeness (QED) is 0.365. The number of hydrogen-bond donors (Lipinski definition) is 2. The zero-order valence-corrected chi connectivity index (χ0v) is 17.6. The van der Waals surface area contributed by atoms with Gasteiger partial charge in [0.2, 0.25) is 0 Å². The third-order valence-electron chi connectivity index (χ3n) is 4.02. The van der Waals surface area contributed by atoms with Crippen molar-refractivity contribution in [2.45, 2.75) is 26.3 Å². The molecule has 0 aromatic carbocycles. The summed E-state index contributed by atoms with van der Waals surface area (Å²) < 4.78 is 10.8. The van der Waals surface area contributed by atoms with Crippen molar-refractivity contribution in [1.29, 1.82) is 0 Å². The second-order valence-corrected chi connectivity index (χ2v) is 7.42. The zero-order chi connectivity index (χ0) is 16.6. The van der Waals surface area contributed by atoms with Crippen molar-refractivity contribution in [3.05, 3.63) is 46.0 Å². The number of aryl methyl sites for hydroxylation is 1. The van der Waals surface area contributed by atoms with Crippen LogP contribution < -0.4 is 10.6 Å².